The molecule has 0 aliphatic rings. The molecule has 1 rings (SSSR count). The molecule has 0 saturated heterocycles. The van der Waals surface area contributed by atoms with Crippen molar-refractivity contribution in [3.8, 4) is 0 Å². The maximum atomic E-state index is 2.39. The Morgan fingerprint density at radius 3 is 1.86 bits per heavy atom. The second-order valence-electron chi connectivity index (χ2n) is 3.99. The zero-order chi connectivity index (χ0) is 11.0. The van der Waals surface area contributed by atoms with E-state index >= 15 is 0 Å². The van der Waals surface area contributed by atoms with Gasteiger partial charge in [-0.25, -0.2) is 0 Å². The molecule has 1 aromatic carbocycles. The van der Waals surface area contributed by atoms with Crippen molar-refractivity contribution in [3.05, 3.63) is 35.9 Å². The van der Waals surface area contributed by atoms with Gasteiger partial charge in [0.15, 0.2) is 0 Å². The average molecular weight is 531 g/mol. The molecule has 14 heavy (non-hydrogen) atoms. The number of quaternary nitrogens is 1. The van der Waals surface area contributed by atoms with Crippen molar-refractivity contribution in [1.29, 1.82) is 0 Å². The van der Waals surface area contributed by atoms with E-state index in [-0.39, 0.29) is 0 Å². The van der Waals surface area contributed by atoms with Gasteiger partial charge < -0.3 is 4.48 Å². The topological polar surface area (TPSA) is 0 Å². The molecule has 0 aromatic heterocycles. The van der Waals surface area contributed by atoms with Crippen LogP contribution in [0.15, 0.2) is 30.3 Å². The Morgan fingerprint density at radius 2 is 1.50 bits per heavy atom. The molecule has 0 heterocycles. The van der Waals surface area contributed by atoms with Gasteiger partial charge in [0.2, 0.25) is 0 Å². The number of rotatable bonds is 2. The molecule has 0 aliphatic heterocycles. The second kappa shape index (κ2) is 8.51. The Kier molecular flexibility index (Phi) is 9.35. The van der Waals surface area contributed by atoms with Gasteiger partial charge in [-0.05, 0) is 0 Å². The molecule has 0 fully saturated rings. The van der Waals surface area contributed by atoms with Crippen LogP contribution in [0.5, 0.6) is 0 Å². The Balaban J connectivity index is 0.000000500. The summed E-state index contributed by atoms with van der Waals surface area (Å²) in [6.07, 6.45) is 0. The van der Waals surface area contributed by atoms with Crippen LogP contribution in [0.2, 0.25) is 0 Å². The number of hydrogen-bond donors (Lipinski definition) is 0. The molecular weight excluding hydrogens is 515 g/mol. The predicted molar refractivity (Wildman–Crippen MR) is 76.2 cm³/mol. The summed E-state index contributed by atoms with van der Waals surface area (Å²) in [5.74, 6) is 0. The Labute approximate surface area is 117 Å². The third-order valence-corrected chi connectivity index (χ3v) is 1.50. The van der Waals surface area contributed by atoms with E-state index in [1.807, 2.05) is 0 Å². The van der Waals surface area contributed by atoms with Gasteiger partial charge in [-0.1, -0.05) is 30.3 Å². The van der Waals surface area contributed by atoms with Gasteiger partial charge in [0.25, 0.3) is 0 Å². The summed E-state index contributed by atoms with van der Waals surface area (Å²) in [5.41, 5.74) is 1.40. The molecule has 0 atom stereocenters. The third kappa shape index (κ3) is 9.91. The first-order chi connectivity index (χ1) is 6.49. The summed E-state index contributed by atoms with van der Waals surface area (Å²) >= 11 is 5.30. The second-order valence-corrected chi connectivity index (χ2v) is 20.2. The van der Waals surface area contributed by atoms with E-state index in [1.54, 1.807) is 0 Å². The maximum absolute atomic E-state index is 2.39. The van der Waals surface area contributed by atoms with Crippen LogP contribution in [0.4, 0.5) is 0 Å². The number of nitrogens with zero attached hydrogens (tertiary/aromatic N) is 1. The van der Waals surface area contributed by atoms with Crippen molar-refractivity contribution in [2.75, 3.05) is 21.1 Å². The molecule has 0 N–H and O–H groups in total. The van der Waals surface area contributed by atoms with E-state index in [0.29, 0.717) is 13.3 Å². The summed E-state index contributed by atoms with van der Waals surface area (Å²) < 4.78 is 0.990. The SMILES string of the molecule is C[N+](C)(C)Cc1ccccc1.I[I-]I. The molecule has 0 aliphatic carbocycles. The Morgan fingerprint density at radius 1 is 1.07 bits per heavy atom. The molecular formula is C10H16I3N. The van der Waals surface area contributed by atoms with Crippen LogP contribution in [-0.4, -0.2) is 25.6 Å². The van der Waals surface area contributed by atoms with E-state index in [9.17, 15) is 0 Å². The third-order valence-electron chi connectivity index (χ3n) is 1.50. The molecule has 0 unspecified atom stereocenters. The van der Waals surface area contributed by atoms with Crippen molar-refractivity contribution in [3.63, 3.8) is 0 Å². The summed E-state index contributed by atoms with van der Waals surface area (Å²) in [6.45, 7) is 1.10. The van der Waals surface area contributed by atoms with Crippen LogP contribution in [0.3, 0.4) is 0 Å². The van der Waals surface area contributed by atoms with Gasteiger partial charge in [0.05, 0.1) is 21.1 Å². The van der Waals surface area contributed by atoms with Gasteiger partial charge in [-0.15, -0.1) is 0 Å². The van der Waals surface area contributed by atoms with Crippen LogP contribution in [0.1, 0.15) is 5.56 Å². The van der Waals surface area contributed by atoms with E-state index in [1.165, 1.54) is 5.56 Å². The van der Waals surface area contributed by atoms with Crippen molar-refractivity contribution in [1.82, 2.24) is 0 Å². The van der Waals surface area contributed by atoms with Gasteiger partial charge in [-0.3, -0.25) is 0 Å². The minimum atomic E-state index is 0.530. The van der Waals surface area contributed by atoms with Crippen LogP contribution >= 0.6 is 37.2 Å². The number of halogens is 3. The van der Waals surface area contributed by atoms with Gasteiger partial charge in [0.1, 0.15) is 6.54 Å². The molecule has 0 amide bonds. The van der Waals surface area contributed by atoms with Crippen molar-refractivity contribution >= 4 is 37.2 Å². The fourth-order valence-corrected chi connectivity index (χ4v) is 1.13. The number of hydrogen-bond acceptors (Lipinski definition) is 0. The quantitative estimate of drug-likeness (QED) is 0.390. The molecule has 82 valence electrons. The first kappa shape index (κ1) is 15.4. The van der Waals surface area contributed by atoms with E-state index < -0.39 is 0 Å². The Hall–Kier alpha value is 1.37. The van der Waals surface area contributed by atoms with Crippen molar-refractivity contribution < 1.29 is 17.7 Å². The normalized spacial score (nSPS) is 10.6. The fraction of sp³-hybridized carbons (Fsp3) is 0.400. The number of benzene rings is 1. The monoisotopic (exact) mass is 531 g/mol. The molecule has 0 spiro atoms. The van der Waals surface area contributed by atoms with Crippen LogP contribution in [0, 0.1) is 0 Å². The minimum absolute atomic E-state index is 0.530. The molecule has 0 saturated carbocycles. The first-order valence-corrected chi connectivity index (χ1v) is 16.8. The predicted octanol–water partition coefficient (Wildman–Crippen LogP) is 0.668. The van der Waals surface area contributed by atoms with Crippen LogP contribution in [-0.2, 0) is 6.54 Å². The zero-order valence-electron chi connectivity index (χ0n) is 8.67. The van der Waals surface area contributed by atoms with Gasteiger partial charge in [0, 0.05) is 5.56 Å². The van der Waals surface area contributed by atoms with E-state index in [0.717, 1.165) is 11.0 Å². The van der Waals surface area contributed by atoms with Gasteiger partial charge >= 0.3 is 50.5 Å². The van der Waals surface area contributed by atoms with E-state index in [4.69, 9.17) is 0 Å². The standard InChI is InChI=1S/C10H16N.I3/c1-11(2,3)9-10-7-5-4-6-8-10;1-3-2/h4-8H,9H2,1-3H3;/q+1;-1. The van der Waals surface area contributed by atoms with Crippen LogP contribution < -0.4 is 13.3 Å². The molecule has 4 heteroatoms. The first-order valence-electron chi connectivity index (χ1n) is 4.21. The zero-order valence-corrected chi connectivity index (χ0v) is 15.1. The molecule has 0 radical (unpaired) electrons. The van der Waals surface area contributed by atoms with E-state index in [2.05, 4.69) is 88.7 Å². The average Bonchev–Trinajstić information content (AvgIpc) is 2.04. The molecule has 0 bridgehead atoms. The summed E-state index contributed by atoms with van der Waals surface area (Å²) in [7, 11) is 6.60. The summed E-state index contributed by atoms with van der Waals surface area (Å²) in [4.78, 5) is 0. The van der Waals surface area contributed by atoms with Crippen LogP contribution in [0.25, 0.3) is 0 Å². The van der Waals surface area contributed by atoms with Crippen molar-refractivity contribution in [2.24, 2.45) is 0 Å². The summed E-state index contributed by atoms with van der Waals surface area (Å²) in [5, 5.41) is 0. The molecule has 1 aromatic rings. The Bertz CT molecular complexity index is 231. The molecule has 1 nitrogen and oxygen atoms in total. The van der Waals surface area contributed by atoms with Gasteiger partial charge in [-0.2, -0.15) is 0 Å². The summed E-state index contributed by atoms with van der Waals surface area (Å²) in [6, 6.07) is 10.6. The fourth-order valence-electron chi connectivity index (χ4n) is 1.13. The van der Waals surface area contributed by atoms with Crippen molar-refractivity contribution in [2.45, 2.75) is 6.54 Å².